The molecule has 2 heterocycles. The van der Waals surface area contributed by atoms with Crippen LogP contribution in [0.5, 0.6) is 0 Å². The van der Waals surface area contributed by atoms with Crippen LogP contribution in [0.15, 0.2) is 11.4 Å². The van der Waals surface area contributed by atoms with Gasteiger partial charge in [0.1, 0.15) is 20.5 Å². The van der Waals surface area contributed by atoms with Gasteiger partial charge in [-0.1, -0.05) is 12.2 Å². The average Bonchev–Trinajstić information content (AvgIpc) is 2.77. The summed E-state index contributed by atoms with van der Waals surface area (Å²) in [5, 5.41) is 2.26. The highest BCUT2D eigenvalue weighted by molar-refractivity contribution is 8.23. The van der Waals surface area contributed by atoms with Gasteiger partial charge >= 0.3 is 0 Å². The van der Waals surface area contributed by atoms with E-state index in [9.17, 15) is 0 Å². The van der Waals surface area contributed by atoms with Crippen LogP contribution in [0.4, 0.5) is 0 Å². The maximum atomic E-state index is 5.38. The third-order valence-electron chi connectivity index (χ3n) is 3.27. The Morgan fingerprint density at radius 3 is 2.89 bits per heavy atom. The predicted octanol–water partition coefficient (Wildman–Crippen LogP) is 3.51. The molecule has 0 bridgehead atoms. The maximum absolute atomic E-state index is 5.38. The van der Waals surface area contributed by atoms with Crippen LogP contribution < -0.4 is 0 Å². The fourth-order valence-corrected chi connectivity index (χ4v) is 4.61. The summed E-state index contributed by atoms with van der Waals surface area (Å²) in [6.07, 6.45) is 6.58. The molecule has 0 amide bonds. The first kappa shape index (κ1) is 13.3. The van der Waals surface area contributed by atoms with Crippen molar-refractivity contribution >= 4 is 49.9 Å². The van der Waals surface area contributed by atoms with E-state index in [2.05, 4.69) is 9.97 Å². The molecule has 0 radical (unpaired) electrons. The van der Waals surface area contributed by atoms with Crippen molar-refractivity contribution in [1.29, 1.82) is 0 Å². The summed E-state index contributed by atoms with van der Waals surface area (Å²) in [6.45, 7) is 0. The van der Waals surface area contributed by atoms with Gasteiger partial charge in [-0.25, -0.2) is 9.97 Å². The molecular weight excluding hydrogens is 294 g/mol. The van der Waals surface area contributed by atoms with E-state index >= 15 is 0 Å². The van der Waals surface area contributed by atoms with Crippen LogP contribution in [0, 0.1) is 0 Å². The highest BCUT2D eigenvalue weighted by atomic mass is 32.2. The number of nitrogens with zero attached hydrogens (tertiary/aromatic N) is 3. The lowest BCUT2D eigenvalue weighted by atomic mass is 9.97. The second-order valence-corrected chi connectivity index (χ2v) is 7.54. The highest BCUT2D eigenvalue weighted by Crippen LogP contribution is 2.39. The summed E-state index contributed by atoms with van der Waals surface area (Å²) in [6, 6.07) is 0. The van der Waals surface area contributed by atoms with Crippen molar-refractivity contribution in [3.63, 3.8) is 0 Å². The van der Waals surface area contributed by atoms with E-state index in [0.717, 1.165) is 20.6 Å². The van der Waals surface area contributed by atoms with Gasteiger partial charge in [0.05, 0.1) is 0 Å². The summed E-state index contributed by atoms with van der Waals surface area (Å²) < 4.78 is 0.843. The minimum Gasteiger partial charge on any atom is -0.363 e. The van der Waals surface area contributed by atoms with Gasteiger partial charge in [0.15, 0.2) is 0 Å². The smallest absolute Gasteiger partial charge is 0.142 e. The molecule has 0 spiro atoms. The highest BCUT2D eigenvalue weighted by Gasteiger charge is 2.20. The molecule has 19 heavy (non-hydrogen) atoms. The molecule has 100 valence electrons. The van der Waals surface area contributed by atoms with Crippen LogP contribution in [-0.4, -0.2) is 33.3 Å². The van der Waals surface area contributed by atoms with Gasteiger partial charge in [0.2, 0.25) is 0 Å². The number of thiophene rings is 1. The zero-order valence-corrected chi connectivity index (χ0v) is 13.4. The largest absolute Gasteiger partial charge is 0.363 e. The van der Waals surface area contributed by atoms with E-state index in [1.165, 1.54) is 35.1 Å². The third kappa shape index (κ3) is 2.49. The number of aromatic nitrogens is 2. The maximum Gasteiger partial charge on any atom is 0.142 e. The topological polar surface area (TPSA) is 29.0 Å². The summed E-state index contributed by atoms with van der Waals surface area (Å²) >= 11 is 8.78. The molecule has 2 aromatic heterocycles. The molecule has 1 aliphatic carbocycles. The Hall–Kier alpha value is -0.720. The number of hydrogen-bond donors (Lipinski definition) is 0. The summed E-state index contributed by atoms with van der Waals surface area (Å²) in [4.78, 5) is 13.5. The van der Waals surface area contributed by atoms with E-state index in [4.69, 9.17) is 12.2 Å². The van der Waals surface area contributed by atoms with Gasteiger partial charge in [-0.2, -0.15) is 0 Å². The van der Waals surface area contributed by atoms with Gasteiger partial charge < -0.3 is 4.90 Å². The monoisotopic (exact) mass is 309 g/mol. The first-order valence-corrected chi connectivity index (χ1v) is 8.35. The SMILES string of the molecule is CN(C)C(=S)Sc1ncnc2sc3c(c12)CCCC3. The molecule has 0 atom stereocenters. The van der Waals surface area contributed by atoms with Crippen molar-refractivity contribution < 1.29 is 0 Å². The van der Waals surface area contributed by atoms with Crippen LogP contribution in [0.1, 0.15) is 23.3 Å². The molecular formula is C13H15N3S3. The normalized spacial score (nSPS) is 14.4. The zero-order chi connectivity index (χ0) is 13.4. The number of thioether (sulfide) groups is 1. The van der Waals surface area contributed by atoms with Crippen LogP contribution in [0.2, 0.25) is 0 Å². The first-order valence-electron chi connectivity index (χ1n) is 6.31. The van der Waals surface area contributed by atoms with Crippen LogP contribution in [-0.2, 0) is 12.8 Å². The Balaban J connectivity index is 2.09. The molecule has 0 aliphatic heterocycles. The number of hydrogen-bond acceptors (Lipinski definition) is 5. The van der Waals surface area contributed by atoms with Crippen molar-refractivity contribution in [3.05, 3.63) is 16.8 Å². The summed E-state index contributed by atoms with van der Waals surface area (Å²) in [7, 11) is 3.94. The molecule has 2 aromatic rings. The van der Waals surface area contributed by atoms with Gasteiger partial charge in [-0.3, -0.25) is 0 Å². The first-order chi connectivity index (χ1) is 9.16. The second kappa shape index (κ2) is 5.34. The van der Waals surface area contributed by atoms with E-state index in [0.29, 0.717) is 0 Å². The fourth-order valence-electron chi connectivity index (χ4n) is 2.31. The number of aryl methyl sites for hydroxylation is 2. The Bertz CT molecular complexity index is 633. The lowest BCUT2D eigenvalue weighted by Gasteiger charge is -2.14. The Labute approximate surface area is 126 Å². The van der Waals surface area contributed by atoms with E-state index in [1.54, 1.807) is 18.1 Å². The van der Waals surface area contributed by atoms with Crippen molar-refractivity contribution in [2.45, 2.75) is 30.7 Å². The standard InChI is InChI=1S/C13H15N3S3/c1-16(2)13(17)19-12-10-8-5-3-4-6-9(8)18-11(10)14-7-15-12/h7H,3-6H2,1-2H3. The predicted molar refractivity (Wildman–Crippen MR) is 86.2 cm³/mol. The van der Waals surface area contributed by atoms with E-state index in [-0.39, 0.29) is 0 Å². The summed E-state index contributed by atoms with van der Waals surface area (Å²) in [5.41, 5.74) is 1.47. The molecule has 0 saturated heterocycles. The minimum absolute atomic E-state index is 0.843. The second-order valence-electron chi connectivity index (χ2n) is 4.83. The van der Waals surface area contributed by atoms with Crippen LogP contribution in [0.3, 0.4) is 0 Å². The molecule has 6 heteroatoms. The Kier molecular flexibility index (Phi) is 3.73. The van der Waals surface area contributed by atoms with Gasteiger partial charge in [-0.15, -0.1) is 11.3 Å². The lowest BCUT2D eigenvalue weighted by molar-refractivity contribution is 0.648. The van der Waals surface area contributed by atoms with Crippen LogP contribution >= 0.6 is 35.3 Å². The molecule has 1 aliphatic rings. The Morgan fingerprint density at radius 1 is 1.32 bits per heavy atom. The zero-order valence-electron chi connectivity index (χ0n) is 11.0. The van der Waals surface area contributed by atoms with Crippen molar-refractivity contribution in [2.75, 3.05) is 14.1 Å². The van der Waals surface area contributed by atoms with Crippen molar-refractivity contribution in [1.82, 2.24) is 14.9 Å². The molecule has 0 N–H and O–H groups in total. The van der Waals surface area contributed by atoms with Crippen LogP contribution in [0.25, 0.3) is 10.2 Å². The molecule has 0 saturated carbocycles. The molecule has 0 unspecified atom stereocenters. The lowest BCUT2D eigenvalue weighted by Crippen LogP contribution is -2.16. The quantitative estimate of drug-likeness (QED) is 0.457. The summed E-state index contributed by atoms with van der Waals surface area (Å²) in [5.74, 6) is 0. The van der Waals surface area contributed by atoms with E-state index in [1.807, 2.05) is 30.3 Å². The van der Waals surface area contributed by atoms with Gasteiger partial charge in [0, 0.05) is 24.4 Å². The molecule has 0 aromatic carbocycles. The number of fused-ring (bicyclic) bond motifs is 3. The van der Waals surface area contributed by atoms with E-state index < -0.39 is 0 Å². The van der Waals surface area contributed by atoms with Gasteiger partial charge in [-0.05, 0) is 43.0 Å². The molecule has 3 rings (SSSR count). The third-order valence-corrected chi connectivity index (χ3v) is 6.12. The number of thiocarbonyl (C=S) groups is 1. The molecule has 3 nitrogen and oxygen atoms in total. The Morgan fingerprint density at radius 2 is 2.11 bits per heavy atom. The minimum atomic E-state index is 0.843. The molecule has 0 fully saturated rings. The van der Waals surface area contributed by atoms with Crippen molar-refractivity contribution in [3.8, 4) is 0 Å². The number of rotatable bonds is 1. The van der Waals surface area contributed by atoms with Gasteiger partial charge in [0.25, 0.3) is 0 Å². The fraction of sp³-hybridized carbons (Fsp3) is 0.462. The average molecular weight is 309 g/mol. The van der Waals surface area contributed by atoms with Crippen molar-refractivity contribution in [2.24, 2.45) is 0 Å².